The van der Waals surface area contributed by atoms with E-state index in [9.17, 15) is 14.7 Å². The number of esters is 1. The van der Waals surface area contributed by atoms with Crippen LogP contribution in [0.3, 0.4) is 0 Å². The van der Waals surface area contributed by atoms with E-state index in [-0.39, 0.29) is 11.3 Å². The van der Waals surface area contributed by atoms with Crippen LogP contribution in [0.2, 0.25) is 5.02 Å². The van der Waals surface area contributed by atoms with E-state index in [4.69, 9.17) is 21.1 Å². The highest BCUT2D eigenvalue weighted by molar-refractivity contribution is 6.34. The standard InChI is InChI=1S/C18H18ClNO5/c1-10-6-11(2)17(14(19)7-10)20-16(22)9-25-18(23)13-5-4-12(24-3)8-15(13)21/h4-8,21H,9H2,1-3H3,(H,20,22). The van der Waals surface area contributed by atoms with Gasteiger partial charge in [0.1, 0.15) is 17.1 Å². The number of aryl methyl sites for hydroxylation is 2. The minimum atomic E-state index is -0.818. The second-order valence-corrected chi connectivity index (χ2v) is 5.85. The molecule has 1 amide bonds. The van der Waals surface area contributed by atoms with Crippen molar-refractivity contribution < 1.29 is 24.2 Å². The van der Waals surface area contributed by atoms with Crippen LogP contribution in [0.1, 0.15) is 21.5 Å². The van der Waals surface area contributed by atoms with Gasteiger partial charge in [-0.3, -0.25) is 4.79 Å². The monoisotopic (exact) mass is 363 g/mol. The van der Waals surface area contributed by atoms with Gasteiger partial charge >= 0.3 is 5.97 Å². The highest BCUT2D eigenvalue weighted by atomic mass is 35.5. The normalized spacial score (nSPS) is 10.2. The molecule has 0 atom stereocenters. The molecule has 7 heteroatoms. The molecule has 0 fully saturated rings. The van der Waals surface area contributed by atoms with Crippen molar-refractivity contribution >= 4 is 29.2 Å². The molecule has 0 aliphatic carbocycles. The highest BCUT2D eigenvalue weighted by Gasteiger charge is 2.16. The van der Waals surface area contributed by atoms with Crippen molar-refractivity contribution in [3.05, 3.63) is 52.0 Å². The molecule has 0 saturated carbocycles. The number of hydrogen-bond donors (Lipinski definition) is 2. The Hall–Kier alpha value is -2.73. The van der Waals surface area contributed by atoms with Gasteiger partial charge in [-0.2, -0.15) is 0 Å². The van der Waals surface area contributed by atoms with Gasteiger partial charge in [-0.1, -0.05) is 17.7 Å². The van der Waals surface area contributed by atoms with Gasteiger partial charge in [0.2, 0.25) is 0 Å². The first kappa shape index (κ1) is 18.6. The van der Waals surface area contributed by atoms with Crippen LogP contribution in [0.4, 0.5) is 5.69 Å². The Balaban J connectivity index is 1.99. The van der Waals surface area contributed by atoms with E-state index in [1.807, 2.05) is 19.9 Å². The van der Waals surface area contributed by atoms with Crippen molar-refractivity contribution in [2.45, 2.75) is 13.8 Å². The number of phenols is 1. The first-order valence-corrected chi connectivity index (χ1v) is 7.80. The number of benzene rings is 2. The average Bonchev–Trinajstić information content (AvgIpc) is 2.55. The fourth-order valence-electron chi connectivity index (χ4n) is 2.27. The molecule has 25 heavy (non-hydrogen) atoms. The van der Waals surface area contributed by atoms with Gasteiger partial charge in [0, 0.05) is 6.07 Å². The van der Waals surface area contributed by atoms with Crippen LogP contribution in [0.5, 0.6) is 11.5 Å². The van der Waals surface area contributed by atoms with Gasteiger partial charge in [0.25, 0.3) is 5.91 Å². The summed E-state index contributed by atoms with van der Waals surface area (Å²) in [5, 5.41) is 12.8. The smallest absolute Gasteiger partial charge is 0.342 e. The zero-order chi connectivity index (χ0) is 18.6. The Labute approximate surface area is 150 Å². The lowest BCUT2D eigenvalue weighted by Gasteiger charge is -2.12. The molecule has 0 bridgehead atoms. The average molecular weight is 364 g/mol. The molecule has 0 saturated heterocycles. The van der Waals surface area contributed by atoms with Crippen LogP contribution < -0.4 is 10.1 Å². The molecule has 2 aromatic carbocycles. The molecule has 0 aliphatic rings. The lowest BCUT2D eigenvalue weighted by molar-refractivity contribution is -0.119. The van der Waals surface area contributed by atoms with Crippen molar-refractivity contribution in [2.75, 3.05) is 19.0 Å². The molecule has 0 unspecified atom stereocenters. The zero-order valence-electron chi connectivity index (χ0n) is 14.1. The summed E-state index contributed by atoms with van der Waals surface area (Å²) in [7, 11) is 1.44. The molecule has 0 spiro atoms. The molecule has 6 nitrogen and oxygen atoms in total. The second-order valence-electron chi connectivity index (χ2n) is 5.45. The Morgan fingerprint density at radius 2 is 1.92 bits per heavy atom. The molecule has 0 radical (unpaired) electrons. The summed E-state index contributed by atoms with van der Waals surface area (Å²) in [6, 6.07) is 7.75. The largest absolute Gasteiger partial charge is 0.507 e. The summed E-state index contributed by atoms with van der Waals surface area (Å²) in [6.07, 6.45) is 0. The summed E-state index contributed by atoms with van der Waals surface area (Å²) >= 11 is 6.12. The topological polar surface area (TPSA) is 84.9 Å². The van der Waals surface area contributed by atoms with E-state index < -0.39 is 18.5 Å². The van der Waals surface area contributed by atoms with E-state index in [0.717, 1.165) is 11.1 Å². The van der Waals surface area contributed by atoms with Gasteiger partial charge < -0.3 is 19.9 Å². The fourth-order valence-corrected chi connectivity index (χ4v) is 2.64. The second kappa shape index (κ2) is 7.90. The van der Waals surface area contributed by atoms with Gasteiger partial charge in [-0.25, -0.2) is 4.79 Å². The van der Waals surface area contributed by atoms with E-state index in [1.165, 1.54) is 25.3 Å². The van der Waals surface area contributed by atoms with Crippen LogP contribution in [-0.4, -0.2) is 30.7 Å². The molecule has 0 heterocycles. The van der Waals surface area contributed by atoms with Gasteiger partial charge in [-0.15, -0.1) is 0 Å². The fraction of sp³-hybridized carbons (Fsp3) is 0.222. The Bertz CT molecular complexity index is 796. The zero-order valence-corrected chi connectivity index (χ0v) is 14.8. The van der Waals surface area contributed by atoms with Gasteiger partial charge in [0.15, 0.2) is 6.61 Å². The summed E-state index contributed by atoms with van der Waals surface area (Å²) < 4.78 is 9.86. The summed E-state index contributed by atoms with van der Waals surface area (Å²) in [5.74, 6) is -1.24. The van der Waals surface area contributed by atoms with Crippen molar-refractivity contribution in [2.24, 2.45) is 0 Å². The van der Waals surface area contributed by atoms with Gasteiger partial charge in [-0.05, 0) is 43.2 Å². The Morgan fingerprint density at radius 3 is 2.52 bits per heavy atom. The molecule has 0 aromatic heterocycles. The number of hydrogen-bond acceptors (Lipinski definition) is 5. The number of rotatable bonds is 5. The van der Waals surface area contributed by atoms with Crippen LogP contribution in [0.15, 0.2) is 30.3 Å². The minimum Gasteiger partial charge on any atom is -0.507 e. The molecule has 2 N–H and O–H groups in total. The number of methoxy groups -OCH3 is 1. The maximum atomic E-state index is 12.0. The Morgan fingerprint density at radius 1 is 1.20 bits per heavy atom. The van der Waals surface area contributed by atoms with E-state index in [1.54, 1.807) is 6.07 Å². The molecule has 2 aromatic rings. The SMILES string of the molecule is COc1ccc(C(=O)OCC(=O)Nc2c(C)cc(C)cc2Cl)c(O)c1. The van der Waals surface area contributed by atoms with Crippen molar-refractivity contribution in [1.29, 1.82) is 0 Å². The first-order valence-electron chi connectivity index (χ1n) is 7.42. The van der Waals surface area contributed by atoms with Crippen molar-refractivity contribution in [3.63, 3.8) is 0 Å². The lowest BCUT2D eigenvalue weighted by atomic mass is 10.1. The molecule has 0 aliphatic heterocycles. The third kappa shape index (κ3) is 4.64. The number of carbonyl (C=O) groups is 2. The maximum Gasteiger partial charge on any atom is 0.342 e. The van der Waals surface area contributed by atoms with E-state index in [0.29, 0.717) is 16.5 Å². The first-order chi connectivity index (χ1) is 11.8. The lowest BCUT2D eigenvalue weighted by Crippen LogP contribution is -2.21. The van der Waals surface area contributed by atoms with Gasteiger partial charge in [0.05, 0.1) is 17.8 Å². The van der Waals surface area contributed by atoms with Crippen LogP contribution >= 0.6 is 11.6 Å². The van der Waals surface area contributed by atoms with Crippen LogP contribution in [0, 0.1) is 13.8 Å². The number of ether oxygens (including phenoxy) is 2. The highest BCUT2D eigenvalue weighted by Crippen LogP contribution is 2.27. The van der Waals surface area contributed by atoms with E-state index >= 15 is 0 Å². The van der Waals surface area contributed by atoms with Crippen LogP contribution in [-0.2, 0) is 9.53 Å². The molecule has 2 rings (SSSR count). The summed E-state index contributed by atoms with van der Waals surface area (Å²) in [6.45, 7) is 3.21. The summed E-state index contributed by atoms with van der Waals surface area (Å²) in [5.41, 5.74) is 2.19. The number of anilines is 1. The molecular formula is C18H18ClNO5. The predicted octanol–water partition coefficient (Wildman–Crippen LogP) is 3.47. The minimum absolute atomic E-state index is 0.0573. The predicted molar refractivity (Wildman–Crippen MR) is 94.5 cm³/mol. The number of halogens is 1. The van der Waals surface area contributed by atoms with Crippen molar-refractivity contribution in [1.82, 2.24) is 0 Å². The third-order valence-corrected chi connectivity index (χ3v) is 3.75. The third-order valence-electron chi connectivity index (χ3n) is 3.46. The summed E-state index contributed by atoms with van der Waals surface area (Å²) in [4.78, 5) is 24.0. The van der Waals surface area contributed by atoms with Crippen LogP contribution in [0.25, 0.3) is 0 Å². The molecule has 132 valence electrons. The molecular weight excluding hydrogens is 346 g/mol. The maximum absolute atomic E-state index is 12.0. The number of aromatic hydroxyl groups is 1. The van der Waals surface area contributed by atoms with Crippen molar-refractivity contribution in [3.8, 4) is 11.5 Å². The number of amides is 1. The number of nitrogens with one attached hydrogen (secondary N) is 1. The van der Waals surface area contributed by atoms with E-state index in [2.05, 4.69) is 5.32 Å². The number of phenolic OH excluding ortho intramolecular Hbond substituents is 1. The number of carbonyl (C=O) groups excluding carboxylic acids is 2. The quantitative estimate of drug-likeness (QED) is 0.794. The Kier molecular flexibility index (Phi) is 5.88.